The van der Waals surface area contributed by atoms with E-state index in [0.717, 1.165) is 22.3 Å². The highest BCUT2D eigenvalue weighted by atomic mass is 16.7. The molecule has 0 spiro atoms. The molecule has 5 heteroatoms. The Morgan fingerprint density at radius 3 is 2.14 bits per heavy atom. The van der Waals surface area contributed by atoms with Crippen LogP contribution in [0.3, 0.4) is 0 Å². The second-order valence-electron chi connectivity index (χ2n) is 5.35. The van der Waals surface area contributed by atoms with Crippen LogP contribution in [0.5, 0.6) is 5.75 Å². The SMILES string of the molecule is CCC(=O)C(=NO)c1c(C)c(C)c(C)c(C)c1OC(C)OC. The minimum atomic E-state index is -0.476. The highest BCUT2D eigenvalue weighted by molar-refractivity contribution is 6.47. The fraction of sp³-hybridized carbons (Fsp3) is 0.529. The number of methoxy groups -OCH3 is 1. The van der Waals surface area contributed by atoms with Gasteiger partial charge in [-0.2, -0.15) is 0 Å². The predicted octanol–water partition coefficient (Wildman–Crippen LogP) is 3.45. The average Bonchev–Trinajstić information content (AvgIpc) is 2.53. The Kier molecular flexibility index (Phi) is 6.11. The lowest BCUT2D eigenvalue weighted by Crippen LogP contribution is -2.22. The standard InChI is InChI=1S/C17H25NO4/c1-8-14(19)16(18-20)15-11(4)9(2)10(3)12(5)17(15)22-13(6)21-7/h13,20H,8H2,1-7H3. The van der Waals surface area contributed by atoms with Crippen LogP contribution in [0.2, 0.25) is 0 Å². The number of hydrogen-bond acceptors (Lipinski definition) is 5. The molecule has 0 fully saturated rings. The van der Waals surface area contributed by atoms with E-state index in [1.54, 1.807) is 21.0 Å². The summed E-state index contributed by atoms with van der Waals surface area (Å²) in [6.07, 6.45) is -0.222. The summed E-state index contributed by atoms with van der Waals surface area (Å²) in [6, 6.07) is 0. The van der Waals surface area contributed by atoms with Gasteiger partial charge in [0.05, 0.1) is 5.56 Å². The van der Waals surface area contributed by atoms with Crippen molar-refractivity contribution in [2.24, 2.45) is 5.16 Å². The number of hydrogen-bond donors (Lipinski definition) is 1. The number of benzene rings is 1. The molecule has 0 aliphatic carbocycles. The molecule has 1 unspecified atom stereocenters. The zero-order valence-corrected chi connectivity index (χ0v) is 14.4. The third-order valence-corrected chi connectivity index (χ3v) is 4.17. The van der Waals surface area contributed by atoms with Crippen LogP contribution in [0.1, 0.15) is 48.1 Å². The largest absolute Gasteiger partial charge is 0.464 e. The summed E-state index contributed by atoms with van der Waals surface area (Å²) in [5.74, 6) is 0.299. The summed E-state index contributed by atoms with van der Waals surface area (Å²) < 4.78 is 11.0. The maximum atomic E-state index is 12.1. The van der Waals surface area contributed by atoms with Crippen LogP contribution < -0.4 is 4.74 Å². The summed E-state index contributed by atoms with van der Waals surface area (Å²) in [4.78, 5) is 12.1. The highest BCUT2D eigenvalue weighted by Gasteiger charge is 2.25. The zero-order chi connectivity index (χ0) is 17.0. The van der Waals surface area contributed by atoms with Gasteiger partial charge in [0.15, 0.2) is 17.8 Å². The van der Waals surface area contributed by atoms with Crippen LogP contribution in [0.4, 0.5) is 0 Å². The maximum absolute atomic E-state index is 12.1. The Bertz CT molecular complexity index is 605. The Balaban J connectivity index is 3.69. The quantitative estimate of drug-likeness (QED) is 0.378. The van der Waals surface area contributed by atoms with Gasteiger partial charge in [-0.3, -0.25) is 4.79 Å². The van der Waals surface area contributed by atoms with Gasteiger partial charge in [-0.05, 0) is 56.9 Å². The van der Waals surface area contributed by atoms with Gasteiger partial charge in [0.1, 0.15) is 5.75 Å². The fourth-order valence-corrected chi connectivity index (χ4v) is 2.34. The molecule has 0 radical (unpaired) electrons. The molecule has 1 aromatic carbocycles. The Morgan fingerprint density at radius 1 is 1.14 bits per heavy atom. The minimum absolute atomic E-state index is 0.0319. The maximum Gasteiger partial charge on any atom is 0.196 e. The zero-order valence-electron chi connectivity index (χ0n) is 14.4. The van der Waals surface area contributed by atoms with Crippen LogP contribution in [0.15, 0.2) is 5.16 Å². The molecule has 22 heavy (non-hydrogen) atoms. The molecule has 0 bridgehead atoms. The molecular formula is C17H25NO4. The molecule has 0 aromatic heterocycles. The lowest BCUT2D eigenvalue weighted by atomic mass is 9.89. The topological polar surface area (TPSA) is 68.1 Å². The molecule has 1 aromatic rings. The smallest absolute Gasteiger partial charge is 0.196 e. The van der Waals surface area contributed by atoms with E-state index in [4.69, 9.17) is 9.47 Å². The van der Waals surface area contributed by atoms with Crippen molar-refractivity contribution >= 4 is 11.5 Å². The molecule has 5 nitrogen and oxygen atoms in total. The number of ether oxygens (including phenoxy) is 2. The van der Waals surface area contributed by atoms with E-state index in [1.807, 2.05) is 27.7 Å². The molecule has 1 atom stereocenters. The summed E-state index contributed by atoms with van der Waals surface area (Å²) in [5.41, 5.74) is 4.49. The van der Waals surface area contributed by atoms with E-state index < -0.39 is 6.29 Å². The monoisotopic (exact) mass is 307 g/mol. The fourth-order valence-electron chi connectivity index (χ4n) is 2.34. The molecular weight excluding hydrogens is 282 g/mol. The second kappa shape index (κ2) is 7.40. The van der Waals surface area contributed by atoms with E-state index in [0.29, 0.717) is 11.3 Å². The van der Waals surface area contributed by atoms with Crippen LogP contribution in [-0.4, -0.2) is 30.1 Å². The normalized spacial score (nSPS) is 13.1. The molecule has 0 saturated carbocycles. The first-order valence-electron chi connectivity index (χ1n) is 7.35. The van der Waals surface area contributed by atoms with Gasteiger partial charge in [-0.1, -0.05) is 12.1 Å². The molecule has 122 valence electrons. The first-order valence-corrected chi connectivity index (χ1v) is 7.35. The Hall–Kier alpha value is -1.88. The van der Waals surface area contributed by atoms with Gasteiger partial charge < -0.3 is 14.7 Å². The van der Waals surface area contributed by atoms with Gasteiger partial charge >= 0.3 is 0 Å². The van der Waals surface area contributed by atoms with Gasteiger partial charge in [0.2, 0.25) is 0 Å². The van der Waals surface area contributed by atoms with Gasteiger partial charge in [-0.15, -0.1) is 0 Å². The van der Waals surface area contributed by atoms with Gasteiger partial charge in [0, 0.05) is 13.5 Å². The Labute approximate surface area is 131 Å². The number of nitrogens with zero attached hydrogens (tertiary/aromatic N) is 1. The third kappa shape index (κ3) is 3.30. The molecule has 0 heterocycles. The molecule has 0 aliphatic rings. The van der Waals surface area contributed by atoms with E-state index >= 15 is 0 Å². The Morgan fingerprint density at radius 2 is 1.68 bits per heavy atom. The number of carbonyl (C=O) groups is 1. The minimum Gasteiger partial charge on any atom is -0.464 e. The van der Waals surface area contributed by atoms with Crippen molar-refractivity contribution in [1.29, 1.82) is 0 Å². The summed E-state index contributed by atoms with van der Waals surface area (Å²) in [5, 5.41) is 12.6. The first kappa shape index (κ1) is 18.2. The summed E-state index contributed by atoms with van der Waals surface area (Å²) in [7, 11) is 1.55. The number of carbonyl (C=O) groups excluding carboxylic acids is 1. The second-order valence-corrected chi connectivity index (χ2v) is 5.35. The lowest BCUT2D eigenvalue weighted by Gasteiger charge is -2.23. The number of ketones is 1. The van der Waals surface area contributed by atoms with Crippen molar-refractivity contribution in [1.82, 2.24) is 0 Å². The lowest BCUT2D eigenvalue weighted by molar-refractivity contribution is -0.112. The van der Waals surface area contributed by atoms with Crippen molar-refractivity contribution < 1.29 is 19.5 Å². The van der Waals surface area contributed by atoms with E-state index in [-0.39, 0.29) is 17.9 Å². The number of Topliss-reactive ketones (excluding diaryl/α,β-unsaturated/α-hetero) is 1. The van der Waals surface area contributed by atoms with Crippen LogP contribution in [-0.2, 0) is 9.53 Å². The van der Waals surface area contributed by atoms with Crippen molar-refractivity contribution in [2.75, 3.05) is 7.11 Å². The van der Waals surface area contributed by atoms with Crippen LogP contribution in [0, 0.1) is 27.7 Å². The highest BCUT2D eigenvalue weighted by Crippen LogP contribution is 2.34. The van der Waals surface area contributed by atoms with Crippen molar-refractivity contribution in [3.05, 3.63) is 27.8 Å². The van der Waals surface area contributed by atoms with E-state index in [9.17, 15) is 10.0 Å². The van der Waals surface area contributed by atoms with Gasteiger partial charge in [0.25, 0.3) is 0 Å². The predicted molar refractivity (Wildman–Crippen MR) is 86.1 cm³/mol. The van der Waals surface area contributed by atoms with Gasteiger partial charge in [-0.25, -0.2) is 0 Å². The van der Waals surface area contributed by atoms with Crippen molar-refractivity contribution in [2.45, 2.75) is 54.3 Å². The molecule has 0 aliphatic heterocycles. The number of oxime groups is 1. The summed E-state index contributed by atoms with van der Waals surface area (Å²) in [6.45, 7) is 11.3. The molecule has 1 rings (SSSR count). The molecule has 0 amide bonds. The molecule has 1 N–H and O–H groups in total. The van der Waals surface area contributed by atoms with Crippen LogP contribution in [0.25, 0.3) is 0 Å². The van der Waals surface area contributed by atoms with Crippen molar-refractivity contribution in [3.8, 4) is 5.75 Å². The van der Waals surface area contributed by atoms with E-state index in [2.05, 4.69) is 5.16 Å². The van der Waals surface area contributed by atoms with Crippen molar-refractivity contribution in [3.63, 3.8) is 0 Å². The third-order valence-electron chi connectivity index (χ3n) is 4.17. The summed E-state index contributed by atoms with van der Waals surface area (Å²) >= 11 is 0. The number of rotatable bonds is 6. The van der Waals surface area contributed by atoms with E-state index in [1.165, 1.54) is 0 Å². The van der Waals surface area contributed by atoms with Crippen LogP contribution >= 0.6 is 0 Å². The first-order chi connectivity index (χ1) is 10.3. The average molecular weight is 307 g/mol. The molecule has 0 saturated heterocycles.